The molecule has 1 aliphatic heterocycles. The van der Waals surface area contributed by atoms with E-state index < -0.39 is 6.61 Å². The SMILES string of the molecule is CN=C(NCCN1CCN(C(=O)C2CCC2)CC1)NCc1ccccc1OC(F)F.I. The van der Waals surface area contributed by atoms with Crippen molar-refractivity contribution < 1.29 is 18.3 Å². The Morgan fingerprint density at radius 2 is 1.90 bits per heavy atom. The molecular weight excluding hydrogens is 519 g/mol. The number of benzene rings is 1. The minimum atomic E-state index is -2.85. The molecule has 2 fully saturated rings. The van der Waals surface area contributed by atoms with E-state index in [9.17, 15) is 13.6 Å². The summed E-state index contributed by atoms with van der Waals surface area (Å²) < 4.78 is 29.6. The highest BCUT2D eigenvalue weighted by molar-refractivity contribution is 14.0. The van der Waals surface area contributed by atoms with Gasteiger partial charge >= 0.3 is 6.61 Å². The maximum atomic E-state index is 12.5. The zero-order valence-electron chi connectivity index (χ0n) is 17.9. The van der Waals surface area contributed by atoms with E-state index in [1.807, 2.05) is 4.90 Å². The Bertz CT molecular complexity index is 725. The van der Waals surface area contributed by atoms with E-state index >= 15 is 0 Å². The third-order valence-corrected chi connectivity index (χ3v) is 5.72. The van der Waals surface area contributed by atoms with Gasteiger partial charge in [-0.3, -0.25) is 14.7 Å². The Morgan fingerprint density at radius 1 is 1.19 bits per heavy atom. The summed E-state index contributed by atoms with van der Waals surface area (Å²) in [6, 6.07) is 6.70. The second kappa shape index (κ2) is 13.0. The zero-order valence-corrected chi connectivity index (χ0v) is 20.2. The van der Waals surface area contributed by atoms with Gasteiger partial charge in [-0.2, -0.15) is 8.78 Å². The first kappa shape index (κ1) is 25.6. The summed E-state index contributed by atoms with van der Waals surface area (Å²) in [5.74, 6) is 1.36. The van der Waals surface area contributed by atoms with Crippen LogP contribution in [0.2, 0.25) is 0 Å². The second-order valence-corrected chi connectivity index (χ2v) is 7.63. The molecule has 1 amide bonds. The molecule has 0 unspecified atom stereocenters. The largest absolute Gasteiger partial charge is 0.434 e. The number of carbonyl (C=O) groups excluding carboxylic acids is 1. The molecule has 0 bridgehead atoms. The molecule has 0 radical (unpaired) electrons. The molecule has 2 N–H and O–H groups in total. The summed E-state index contributed by atoms with van der Waals surface area (Å²) in [4.78, 5) is 20.8. The summed E-state index contributed by atoms with van der Waals surface area (Å²) in [6.45, 7) is 2.36. The number of ether oxygens (including phenoxy) is 1. The van der Waals surface area contributed by atoms with Crippen molar-refractivity contribution in [3.05, 3.63) is 29.8 Å². The van der Waals surface area contributed by atoms with Crippen LogP contribution < -0.4 is 15.4 Å². The molecule has 2 aliphatic rings. The number of nitrogens with zero attached hydrogens (tertiary/aromatic N) is 3. The Morgan fingerprint density at radius 3 is 2.52 bits per heavy atom. The third kappa shape index (κ3) is 7.74. The third-order valence-electron chi connectivity index (χ3n) is 5.72. The van der Waals surface area contributed by atoms with Gasteiger partial charge < -0.3 is 20.3 Å². The first-order valence-corrected chi connectivity index (χ1v) is 10.5. The first-order chi connectivity index (χ1) is 14.6. The molecule has 0 atom stereocenters. The predicted molar refractivity (Wildman–Crippen MR) is 127 cm³/mol. The number of amides is 1. The molecule has 10 heteroatoms. The van der Waals surface area contributed by atoms with Gasteiger partial charge in [0.15, 0.2) is 5.96 Å². The zero-order chi connectivity index (χ0) is 21.3. The lowest BCUT2D eigenvalue weighted by Crippen LogP contribution is -2.52. The molecule has 0 aromatic heterocycles. The number of halogens is 3. The van der Waals surface area contributed by atoms with Crippen LogP contribution in [0, 0.1) is 5.92 Å². The van der Waals surface area contributed by atoms with Crippen LogP contribution >= 0.6 is 24.0 Å². The maximum absolute atomic E-state index is 12.5. The highest BCUT2D eigenvalue weighted by Crippen LogP contribution is 2.28. The van der Waals surface area contributed by atoms with Gasteiger partial charge in [0.2, 0.25) is 5.91 Å². The highest BCUT2D eigenvalue weighted by atomic mass is 127. The smallest absolute Gasteiger partial charge is 0.387 e. The summed E-state index contributed by atoms with van der Waals surface area (Å²) in [7, 11) is 1.67. The lowest BCUT2D eigenvalue weighted by atomic mass is 9.84. The normalized spacial score (nSPS) is 17.7. The Kier molecular flexibility index (Phi) is 10.7. The molecule has 174 valence electrons. The fraction of sp³-hybridized carbons (Fsp3) is 0.619. The number of aliphatic imine (C=N–C) groups is 1. The van der Waals surface area contributed by atoms with Crippen molar-refractivity contribution in [3.63, 3.8) is 0 Å². The van der Waals surface area contributed by atoms with Crippen molar-refractivity contribution in [1.29, 1.82) is 0 Å². The number of carbonyl (C=O) groups is 1. The van der Waals surface area contributed by atoms with Crippen molar-refractivity contribution in [2.24, 2.45) is 10.9 Å². The number of hydrogen-bond acceptors (Lipinski definition) is 4. The molecule has 1 aromatic carbocycles. The van der Waals surface area contributed by atoms with Crippen LogP contribution in [0.4, 0.5) is 8.78 Å². The summed E-state index contributed by atoms with van der Waals surface area (Å²) >= 11 is 0. The Balaban J connectivity index is 0.00000341. The summed E-state index contributed by atoms with van der Waals surface area (Å²) in [5.41, 5.74) is 0.632. The lowest BCUT2D eigenvalue weighted by Gasteiger charge is -2.38. The van der Waals surface area contributed by atoms with E-state index in [4.69, 9.17) is 0 Å². The molecule has 1 saturated heterocycles. The van der Waals surface area contributed by atoms with Crippen molar-refractivity contribution >= 4 is 35.8 Å². The maximum Gasteiger partial charge on any atom is 0.387 e. The van der Waals surface area contributed by atoms with Crippen LogP contribution in [-0.2, 0) is 11.3 Å². The quantitative estimate of drug-likeness (QED) is 0.296. The monoisotopic (exact) mass is 551 g/mol. The van der Waals surface area contributed by atoms with Crippen LogP contribution in [0.5, 0.6) is 5.75 Å². The molecule has 1 aromatic rings. The molecular formula is C21H32F2IN5O2. The fourth-order valence-electron chi connectivity index (χ4n) is 3.70. The van der Waals surface area contributed by atoms with Crippen molar-refractivity contribution in [2.75, 3.05) is 46.3 Å². The van der Waals surface area contributed by atoms with Crippen LogP contribution in [0.15, 0.2) is 29.3 Å². The molecule has 3 rings (SSSR count). The second-order valence-electron chi connectivity index (χ2n) is 7.63. The van der Waals surface area contributed by atoms with E-state index in [0.717, 1.165) is 45.6 Å². The number of nitrogens with one attached hydrogen (secondary N) is 2. The molecule has 31 heavy (non-hydrogen) atoms. The first-order valence-electron chi connectivity index (χ1n) is 10.5. The van der Waals surface area contributed by atoms with Crippen molar-refractivity contribution in [3.8, 4) is 5.75 Å². The molecule has 7 nitrogen and oxygen atoms in total. The van der Waals surface area contributed by atoms with E-state index in [1.54, 1.807) is 25.2 Å². The average molecular weight is 551 g/mol. The van der Waals surface area contributed by atoms with Gasteiger partial charge in [0.05, 0.1) is 0 Å². The molecule has 1 heterocycles. The average Bonchev–Trinajstić information content (AvgIpc) is 2.70. The van der Waals surface area contributed by atoms with Crippen LogP contribution in [0.25, 0.3) is 0 Å². The standard InChI is InChI=1S/C21H31F2N5O2.HI/c1-24-21(26-15-17-5-2-3-8-18(17)30-20(22)23)25-9-10-27-11-13-28(14-12-27)19(29)16-6-4-7-16;/h2-3,5,8,16,20H,4,6-7,9-15H2,1H3,(H2,24,25,26);1H. The lowest BCUT2D eigenvalue weighted by molar-refractivity contribution is -0.139. The number of hydrogen-bond donors (Lipinski definition) is 2. The van der Waals surface area contributed by atoms with Crippen LogP contribution in [0.3, 0.4) is 0 Å². The van der Waals surface area contributed by atoms with Gasteiger partial charge in [-0.05, 0) is 18.9 Å². The number of para-hydroxylation sites is 1. The minimum Gasteiger partial charge on any atom is -0.434 e. The van der Waals surface area contributed by atoms with Gasteiger partial charge in [0.25, 0.3) is 0 Å². The van der Waals surface area contributed by atoms with Gasteiger partial charge in [-0.25, -0.2) is 0 Å². The molecule has 1 aliphatic carbocycles. The van der Waals surface area contributed by atoms with Crippen LogP contribution in [0.1, 0.15) is 24.8 Å². The number of piperazine rings is 1. The van der Waals surface area contributed by atoms with Gasteiger partial charge in [-0.15, -0.1) is 24.0 Å². The van der Waals surface area contributed by atoms with Crippen LogP contribution in [-0.4, -0.2) is 74.6 Å². The van der Waals surface area contributed by atoms with Gasteiger partial charge in [0, 0.05) is 64.3 Å². The Hall–Kier alpha value is -1.69. The van der Waals surface area contributed by atoms with E-state index in [2.05, 4.69) is 25.3 Å². The Labute approximate surface area is 199 Å². The van der Waals surface area contributed by atoms with E-state index in [1.165, 1.54) is 12.5 Å². The minimum absolute atomic E-state index is 0. The van der Waals surface area contributed by atoms with E-state index in [0.29, 0.717) is 30.5 Å². The molecule has 0 spiro atoms. The van der Waals surface area contributed by atoms with Crippen molar-refractivity contribution in [2.45, 2.75) is 32.4 Å². The number of alkyl halides is 2. The number of rotatable bonds is 8. The predicted octanol–water partition coefficient (Wildman–Crippen LogP) is 2.52. The summed E-state index contributed by atoms with van der Waals surface area (Å²) in [5, 5.41) is 6.37. The fourth-order valence-corrected chi connectivity index (χ4v) is 3.70. The topological polar surface area (TPSA) is 69.2 Å². The van der Waals surface area contributed by atoms with Crippen molar-refractivity contribution in [1.82, 2.24) is 20.4 Å². The van der Waals surface area contributed by atoms with E-state index in [-0.39, 0.29) is 35.6 Å². The van der Waals surface area contributed by atoms with Gasteiger partial charge in [0.1, 0.15) is 5.75 Å². The van der Waals surface area contributed by atoms with Gasteiger partial charge in [-0.1, -0.05) is 24.6 Å². The molecule has 1 saturated carbocycles. The number of guanidine groups is 1. The summed E-state index contributed by atoms with van der Waals surface area (Å²) in [6.07, 6.45) is 3.28. The highest BCUT2D eigenvalue weighted by Gasteiger charge is 2.30.